The van der Waals surface area contributed by atoms with E-state index in [4.69, 9.17) is 18.9 Å². The first-order valence-electron chi connectivity index (χ1n) is 14.4. The second kappa shape index (κ2) is 11.7. The number of H-pyrrole nitrogens is 1. The summed E-state index contributed by atoms with van der Waals surface area (Å²) < 4.78 is 28.2. The number of nitrogens with zero attached hydrogens (tertiary/aromatic N) is 1. The molecule has 1 saturated carbocycles. The zero-order valence-electron chi connectivity index (χ0n) is 24.1. The Morgan fingerprint density at radius 1 is 0.857 bits per heavy atom. The predicted molar refractivity (Wildman–Crippen MR) is 158 cm³/mol. The van der Waals surface area contributed by atoms with Crippen molar-refractivity contribution in [1.29, 1.82) is 0 Å². The molecule has 8 heteroatoms. The molecule has 1 N–H and O–H groups in total. The molecule has 2 fully saturated rings. The molecule has 4 aromatic rings. The Kier molecular flexibility index (Phi) is 7.86. The zero-order chi connectivity index (χ0) is 29.3. The standard InChI is InChI=1S/C34H36N2O6/c1-22-14-16-27(17-15-22)41-29-24(3)28-30(40-20-26-12-8-5-9-13-26)34(29,21-39-19-25-10-6-4-7-11-25)42-32(28)36-18-23(2)31(37)35-33(36)38/h4-18,24,28-30,32H,19-21H2,1-3H3,(H,35,37,38)/t24-,28+,29+,30-,32+,34-/m0/s1. The highest BCUT2D eigenvalue weighted by atomic mass is 16.6. The average Bonchev–Trinajstić information content (AvgIpc) is 3.42. The number of aryl methyl sites for hydroxylation is 2. The summed E-state index contributed by atoms with van der Waals surface area (Å²) in [5.74, 6) is 0.393. The predicted octanol–water partition coefficient (Wildman–Crippen LogP) is 4.94. The third-order valence-electron chi connectivity index (χ3n) is 8.48. The first-order valence-corrected chi connectivity index (χ1v) is 14.4. The van der Waals surface area contributed by atoms with Crippen LogP contribution < -0.4 is 16.0 Å². The molecule has 1 aliphatic carbocycles. The van der Waals surface area contributed by atoms with E-state index in [0.717, 1.165) is 22.4 Å². The number of ether oxygens (including phenoxy) is 4. The van der Waals surface area contributed by atoms with Crippen molar-refractivity contribution in [3.05, 3.63) is 134 Å². The van der Waals surface area contributed by atoms with Gasteiger partial charge in [0.2, 0.25) is 0 Å². The van der Waals surface area contributed by atoms with E-state index in [0.29, 0.717) is 18.8 Å². The molecule has 0 unspecified atom stereocenters. The van der Waals surface area contributed by atoms with Crippen molar-refractivity contribution in [2.75, 3.05) is 6.61 Å². The van der Waals surface area contributed by atoms with E-state index < -0.39 is 35.3 Å². The van der Waals surface area contributed by atoms with Gasteiger partial charge in [0.25, 0.3) is 5.56 Å². The molecule has 8 nitrogen and oxygen atoms in total. The summed E-state index contributed by atoms with van der Waals surface area (Å²) >= 11 is 0. The molecule has 6 rings (SSSR count). The van der Waals surface area contributed by atoms with Crippen LogP contribution in [0.2, 0.25) is 0 Å². The van der Waals surface area contributed by atoms with Gasteiger partial charge in [-0.2, -0.15) is 0 Å². The van der Waals surface area contributed by atoms with Crippen LogP contribution in [0.1, 0.15) is 35.4 Å². The van der Waals surface area contributed by atoms with Crippen molar-refractivity contribution in [1.82, 2.24) is 9.55 Å². The highest BCUT2D eigenvalue weighted by Gasteiger charge is 2.71. The van der Waals surface area contributed by atoms with Crippen molar-refractivity contribution in [3.63, 3.8) is 0 Å². The van der Waals surface area contributed by atoms with Gasteiger partial charge in [0.05, 0.1) is 19.8 Å². The largest absolute Gasteiger partial charge is 0.487 e. The molecular weight excluding hydrogens is 532 g/mol. The number of hydrogen-bond acceptors (Lipinski definition) is 6. The number of aromatic amines is 1. The summed E-state index contributed by atoms with van der Waals surface area (Å²) in [7, 11) is 0. The molecular formula is C34H36N2O6. The quantitative estimate of drug-likeness (QED) is 0.292. The van der Waals surface area contributed by atoms with Crippen LogP contribution in [0.4, 0.5) is 0 Å². The molecule has 2 bridgehead atoms. The van der Waals surface area contributed by atoms with Crippen molar-refractivity contribution in [2.24, 2.45) is 11.8 Å². The molecule has 1 aliphatic heterocycles. The van der Waals surface area contributed by atoms with E-state index in [2.05, 4.69) is 11.9 Å². The van der Waals surface area contributed by atoms with E-state index in [1.165, 1.54) is 4.57 Å². The molecule has 218 valence electrons. The lowest BCUT2D eigenvalue weighted by molar-refractivity contribution is -0.211. The second-order valence-electron chi connectivity index (χ2n) is 11.4. The zero-order valence-corrected chi connectivity index (χ0v) is 24.1. The molecule has 0 radical (unpaired) electrons. The van der Waals surface area contributed by atoms with Crippen molar-refractivity contribution < 1.29 is 18.9 Å². The van der Waals surface area contributed by atoms with Crippen LogP contribution in [-0.2, 0) is 27.4 Å². The van der Waals surface area contributed by atoms with Gasteiger partial charge in [-0.3, -0.25) is 14.3 Å². The Hall–Kier alpha value is -3.98. The van der Waals surface area contributed by atoms with Crippen LogP contribution >= 0.6 is 0 Å². The maximum absolute atomic E-state index is 13.1. The molecule has 6 atom stereocenters. The lowest BCUT2D eigenvalue weighted by Crippen LogP contribution is -2.56. The van der Waals surface area contributed by atoms with E-state index in [-0.39, 0.29) is 18.4 Å². The number of fused-ring (bicyclic) bond motifs is 2. The molecule has 0 amide bonds. The SMILES string of the molecule is Cc1ccc(O[C@@H]2[C@@H](C)[C@H]3[C@H](n4cc(C)c(=O)[nH]c4=O)O[C@]2(COCc2ccccc2)[C@H]3OCc2ccccc2)cc1. The third kappa shape index (κ3) is 5.33. The van der Waals surface area contributed by atoms with Crippen molar-refractivity contribution >= 4 is 0 Å². The summed E-state index contributed by atoms with van der Waals surface area (Å²) in [6, 6.07) is 27.9. The van der Waals surface area contributed by atoms with E-state index >= 15 is 0 Å². The Bertz CT molecular complexity index is 1620. The van der Waals surface area contributed by atoms with Crippen LogP contribution in [0.3, 0.4) is 0 Å². The third-order valence-corrected chi connectivity index (χ3v) is 8.48. The number of benzene rings is 3. The highest BCUT2D eigenvalue weighted by molar-refractivity contribution is 5.29. The maximum atomic E-state index is 13.1. The van der Waals surface area contributed by atoms with Crippen LogP contribution in [0.25, 0.3) is 0 Å². The summed E-state index contributed by atoms with van der Waals surface area (Å²) in [5.41, 5.74) is 1.67. The molecule has 2 aliphatic rings. The monoisotopic (exact) mass is 568 g/mol. The Labute approximate surface area is 244 Å². The minimum atomic E-state index is -1.04. The van der Waals surface area contributed by atoms with Gasteiger partial charge in [0.15, 0.2) is 5.60 Å². The Balaban J connectivity index is 1.39. The fourth-order valence-electron chi connectivity index (χ4n) is 6.36. The van der Waals surface area contributed by atoms with Gasteiger partial charge < -0.3 is 18.9 Å². The Morgan fingerprint density at radius 2 is 1.50 bits per heavy atom. The van der Waals surface area contributed by atoms with Crippen LogP contribution in [-0.4, -0.2) is 34.0 Å². The lowest BCUT2D eigenvalue weighted by atomic mass is 9.92. The Morgan fingerprint density at radius 3 is 2.17 bits per heavy atom. The molecule has 3 aromatic carbocycles. The number of aromatic nitrogens is 2. The van der Waals surface area contributed by atoms with Gasteiger partial charge in [-0.25, -0.2) is 4.79 Å². The van der Waals surface area contributed by atoms with Crippen molar-refractivity contribution in [2.45, 2.75) is 58.0 Å². The number of nitrogens with one attached hydrogen (secondary N) is 1. The average molecular weight is 569 g/mol. The summed E-state index contributed by atoms with van der Waals surface area (Å²) in [6.45, 7) is 6.76. The first-order chi connectivity index (χ1) is 20.4. The normalized spacial score (nSPS) is 26.4. The fourth-order valence-corrected chi connectivity index (χ4v) is 6.36. The smallest absolute Gasteiger partial charge is 0.330 e. The number of rotatable bonds is 10. The topological polar surface area (TPSA) is 91.8 Å². The van der Waals surface area contributed by atoms with E-state index in [9.17, 15) is 9.59 Å². The van der Waals surface area contributed by atoms with E-state index in [1.807, 2.05) is 91.9 Å². The first kappa shape index (κ1) is 28.2. The van der Waals surface area contributed by atoms with Crippen LogP contribution in [0.5, 0.6) is 5.75 Å². The number of hydrogen-bond donors (Lipinski definition) is 1. The fraction of sp³-hybridized carbons (Fsp3) is 0.353. The second-order valence-corrected chi connectivity index (χ2v) is 11.4. The minimum Gasteiger partial charge on any atom is -0.487 e. The molecule has 0 spiro atoms. The minimum absolute atomic E-state index is 0.0784. The molecule has 1 aromatic heterocycles. The van der Waals surface area contributed by atoms with Crippen LogP contribution in [0.15, 0.2) is 101 Å². The van der Waals surface area contributed by atoms with Gasteiger partial charge in [0.1, 0.15) is 24.2 Å². The van der Waals surface area contributed by atoms with Gasteiger partial charge >= 0.3 is 5.69 Å². The molecule has 42 heavy (non-hydrogen) atoms. The van der Waals surface area contributed by atoms with Crippen molar-refractivity contribution in [3.8, 4) is 5.75 Å². The van der Waals surface area contributed by atoms with Gasteiger partial charge in [-0.1, -0.05) is 85.3 Å². The summed E-state index contributed by atoms with van der Waals surface area (Å²) in [5, 5.41) is 0. The van der Waals surface area contributed by atoms with Gasteiger partial charge in [0, 0.05) is 23.6 Å². The van der Waals surface area contributed by atoms with E-state index in [1.54, 1.807) is 13.1 Å². The molecule has 2 heterocycles. The maximum Gasteiger partial charge on any atom is 0.330 e. The lowest BCUT2D eigenvalue weighted by Gasteiger charge is -2.41. The summed E-state index contributed by atoms with van der Waals surface area (Å²) in [4.78, 5) is 27.7. The van der Waals surface area contributed by atoms with Crippen LogP contribution in [0, 0.1) is 25.7 Å². The van der Waals surface area contributed by atoms with Gasteiger partial charge in [-0.05, 0) is 37.1 Å². The highest BCUT2D eigenvalue weighted by Crippen LogP contribution is 2.58. The molecule has 1 saturated heterocycles. The summed E-state index contributed by atoms with van der Waals surface area (Å²) in [6.07, 6.45) is 0.0182. The van der Waals surface area contributed by atoms with Gasteiger partial charge in [-0.15, -0.1) is 0 Å².